The van der Waals surface area contributed by atoms with Crippen molar-refractivity contribution in [2.75, 3.05) is 7.11 Å². The molecular weight excluding hydrogens is 425 g/mol. The first-order valence-electron chi connectivity index (χ1n) is 10.0. The quantitative estimate of drug-likeness (QED) is 0.413. The number of aromatic amines is 1. The van der Waals surface area contributed by atoms with Crippen molar-refractivity contribution < 1.29 is 23.5 Å². The minimum Gasteiger partial charge on any atom is -0.495 e. The van der Waals surface area contributed by atoms with E-state index in [0.717, 1.165) is 5.56 Å². The molecule has 0 fully saturated rings. The van der Waals surface area contributed by atoms with Gasteiger partial charge < -0.3 is 15.2 Å². The highest BCUT2D eigenvalue weighted by molar-refractivity contribution is 6.04. The van der Waals surface area contributed by atoms with E-state index in [-0.39, 0.29) is 17.1 Å². The third-order valence-corrected chi connectivity index (χ3v) is 5.02. The van der Waals surface area contributed by atoms with Gasteiger partial charge in [-0.2, -0.15) is 5.10 Å². The van der Waals surface area contributed by atoms with Crippen LogP contribution in [0.1, 0.15) is 33.3 Å². The number of carbonyl (C=O) groups is 2. The number of benzene rings is 3. The zero-order valence-electron chi connectivity index (χ0n) is 17.6. The van der Waals surface area contributed by atoms with Gasteiger partial charge in [0.05, 0.1) is 23.7 Å². The van der Waals surface area contributed by atoms with Crippen LogP contribution in [-0.4, -0.2) is 29.2 Å². The van der Waals surface area contributed by atoms with Gasteiger partial charge in [-0.25, -0.2) is 9.18 Å². The lowest BCUT2D eigenvalue weighted by Gasteiger charge is -2.16. The lowest BCUT2D eigenvalue weighted by atomic mass is 10.1. The van der Waals surface area contributed by atoms with Crippen LogP contribution in [0, 0.1) is 5.82 Å². The third kappa shape index (κ3) is 4.59. The van der Waals surface area contributed by atoms with Gasteiger partial charge in [0, 0.05) is 5.56 Å². The molecule has 0 radical (unpaired) electrons. The minimum atomic E-state index is -1.25. The van der Waals surface area contributed by atoms with Gasteiger partial charge in [0.2, 0.25) is 6.10 Å². The predicted molar refractivity (Wildman–Crippen MR) is 122 cm³/mol. The number of methoxy groups -OCH3 is 1. The van der Waals surface area contributed by atoms with Crippen LogP contribution in [0.3, 0.4) is 0 Å². The van der Waals surface area contributed by atoms with Gasteiger partial charge in [0.15, 0.2) is 0 Å². The zero-order valence-corrected chi connectivity index (χ0v) is 17.6. The van der Waals surface area contributed by atoms with Crippen LogP contribution in [0.25, 0.3) is 23.1 Å². The topological polar surface area (TPSA) is 107 Å². The fourth-order valence-corrected chi connectivity index (χ4v) is 3.44. The summed E-state index contributed by atoms with van der Waals surface area (Å²) in [5.41, 5.74) is 7.97. The Balaban J connectivity index is 1.69. The van der Waals surface area contributed by atoms with E-state index in [4.69, 9.17) is 15.2 Å². The van der Waals surface area contributed by atoms with Crippen molar-refractivity contribution in [1.82, 2.24) is 10.2 Å². The Bertz CT molecular complexity index is 1330. The van der Waals surface area contributed by atoms with Crippen molar-refractivity contribution in [3.8, 4) is 5.75 Å². The van der Waals surface area contributed by atoms with Crippen molar-refractivity contribution in [2.45, 2.75) is 6.10 Å². The molecule has 8 heteroatoms. The monoisotopic (exact) mass is 445 g/mol. The summed E-state index contributed by atoms with van der Waals surface area (Å²) < 4.78 is 24.1. The number of carbonyl (C=O) groups excluding carboxylic acids is 2. The molecule has 0 saturated carbocycles. The van der Waals surface area contributed by atoms with Crippen LogP contribution in [0.15, 0.2) is 66.7 Å². The molecule has 0 aliphatic carbocycles. The maximum absolute atomic E-state index is 13.1. The summed E-state index contributed by atoms with van der Waals surface area (Å²) in [5.74, 6) is -1.65. The van der Waals surface area contributed by atoms with Gasteiger partial charge in [-0.05, 0) is 35.9 Å². The molecule has 166 valence electrons. The SMILES string of the molecule is COc1c(C(=O)O[C@@H](C(N)=O)c2ccccc2)ccc2[nH]nc(C=Cc3ccc(F)cc3)c12. The van der Waals surface area contributed by atoms with Gasteiger partial charge in [-0.1, -0.05) is 48.5 Å². The molecule has 0 unspecified atom stereocenters. The van der Waals surface area contributed by atoms with E-state index >= 15 is 0 Å². The smallest absolute Gasteiger partial charge is 0.343 e. The van der Waals surface area contributed by atoms with Gasteiger partial charge >= 0.3 is 5.97 Å². The van der Waals surface area contributed by atoms with Crippen LogP contribution in [-0.2, 0) is 9.53 Å². The van der Waals surface area contributed by atoms with Gasteiger partial charge in [-0.15, -0.1) is 0 Å². The summed E-state index contributed by atoms with van der Waals surface area (Å²) in [6, 6.07) is 17.7. The number of aromatic nitrogens is 2. The molecule has 4 rings (SSSR count). The fraction of sp³-hybridized carbons (Fsp3) is 0.0800. The molecule has 33 heavy (non-hydrogen) atoms. The van der Waals surface area contributed by atoms with Crippen molar-refractivity contribution in [3.05, 3.63) is 94.9 Å². The van der Waals surface area contributed by atoms with Gasteiger partial charge in [0.1, 0.15) is 17.1 Å². The second kappa shape index (κ2) is 9.35. The number of nitrogens with one attached hydrogen (secondary N) is 1. The van der Waals surface area contributed by atoms with E-state index in [1.807, 2.05) is 0 Å². The average Bonchev–Trinajstić information content (AvgIpc) is 3.25. The maximum atomic E-state index is 13.1. The van der Waals surface area contributed by atoms with E-state index in [2.05, 4.69) is 10.2 Å². The summed E-state index contributed by atoms with van der Waals surface area (Å²) in [6.45, 7) is 0. The number of esters is 1. The highest BCUT2D eigenvalue weighted by Gasteiger charge is 2.26. The summed E-state index contributed by atoms with van der Waals surface area (Å²) >= 11 is 0. The molecule has 1 aromatic heterocycles. The van der Waals surface area contributed by atoms with Gasteiger partial charge in [-0.3, -0.25) is 9.89 Å². The van der Waals surface area contributed by atoms with E-state index in [9.17, 15) is 14.0 Å². The maximum Gasteiger partial charge on any atom is 0.343 e. The van der Waals surface area contributed by atoms with Crippen LogP contribution >= 0.6 is 0 Å². The molecule has 1 heterocycles. The van der Waals surface area contributed by atoms with Gasteiger partial charge in [0.25, 0.3) is 5.91 Å². The molecule has 1 amide bonds. The second-order valence-corrected chi connectivity index (χ2v) is 7.16. The molecule has 0 aliphatic heterocycles. The largest absolute Gasteiger partial charge is 0.495 e. The minimum absolute atomic E-state index is 0.116. The molecule has 3 N–H and O–H groups in total. The Hall–Kier alpha value is -4.46. The Kier molecular flexibility index (Phi) is 6.17. The van der Waals surface area contributed by atoms with Crippen LogP contribution < -0.4 is 10.5 Å². The van der Waals surface area contributed by atoms with E-state index in [1.165, 1.54) is 25.3 Å². The highest BCUT2D eigenvalue weighted by Crippen LogP contribution is 2.33. The number of nitrogens with zero attached hydrogens (tertiary/aromatic N) is 1. The number of ether oxygens (including phenoxy) is 2. The Morgan fingerprint density at radius 2 is 1.76 bits per heavy atom. The van der Waals surface area contributed by atoms with Crippen LogP contribution in [0.4, 0.5) is 4.39 Å². The molecule has 1 atom stereocenters. The predicted octanol–water partition coefficient (Wildman–Crippen LogP) is 4.26. The summed E-state index contributed by atoms with van der Waals surface area (Å²) in [4.78, 5) is 25.0. The molecule has 0 saturated heterocycles. The van der Waals surface area contributed by atoms with Crippen molar-refractivity contribution in [3.63, 3.8) is 0 Å². The number of fused-ring (bicyclic) bond motifs is 1. The molecule has 0 aliphatic rings. The number of primary amides is 1. The van der Waals surface area contributed by atoms with E-state index in [1.54, 1.807) is 60.7 Å². The van der Waals surface area contributed by atoms with E-state index in [0.29, 0.717) is 22.2 Å². The molecule has 0 spiro atoms. The summed E-state index contributed by atoms with van der Waals surface area (Å²) in [6.07, 6.45) is 2.24. The van der Waals surface area contributed by atoms with Crippen molar-refractivity contribution in [1.29, 1.82) is 0 Å². The number of H-pyrrole nitrogens is 1. The normalized spacial score (nSPS) is 12.1. The first-order valence-corrected chi connectivity index (χ1v) is 10.0. The zero-order chi connectivity index (χ0) is 23.4. The Morgan fingerprint density at radius 3 is 2.42 bits per heavy atom. The van der Waals surface area contributed by atoms with Crippen LogP contribution in [0.5, 0.6) is 5.75 Å². The highest BCUT2D eigenvalue weighted by atomic mass is 19.1. The number of amides is 1. The molecule has 7 nitrogen and oxygen atoms in total. The lowest BCUT2D eigenvalue weighted by molar-refractivity contribution is -0.127. The number of halogens is 1. The molecular formula is C25H20FN3O4. The average molecular weight is 445 g/mol. The third-order valence-electron chi connectivity index (χ3n) is 5.02. The van der Waals surface area contributed by atoms with Crippen molar-refractivity contribution >= 4 is 34.9 Å². The number of hydrogen-bond acceptors (Lipinski definition) is 5. The number of hydrogen-bond donors (Lipinski definition) is 2. The first kappa shape index (κ1) is 21.8. The summed E-state index contributed by atoms with van der Waals surface area (Å²) in [7, 11) is 1.43. The van der Waals surface area contributed by atoms with E-state index < -0.39 is 18.0 Å². The van der Waals surface area contributed by atoms with Crippen LogP contribution in [0.2, 0.25) is 0 Å². The standard InChI is InChI=1S/C25H20FN3O4/c1-32-23-18(25(31)33-22(24(27)30)16-5-3-2-4-6-16)12-14-20-21(23)19(28-29-20)13-9-15-7-10-17(26)11-8-15/h2-14,22H,1H3,(H2,27,30)(H,28,29)/t22-/m1/s1. The number of nitrogens with two attached hydrogens (primary N) is 1. The Labute approximate surface area is 188 Å². The molecule has 0 bridgehead atoms. The molecule has 3 aromatic carbocycles. The fourth-order valence-electron chi connectivity index (χ4n) is 3.44. The number of rotatable bonds is 7. The molecule has 4 aromatic rings. The first-order chi connectivity index (χ1) is 16.0. The lowest BCUT2D eigenvalue weighted by Crippen LogP contribution is -2.26. The second-order valence-electron chi connectivity index (χ2n) is 7.16. The van der Waals surface area contributed by atoms with Crippen molar-refractivity contribution in [2.24, 2.45) is 5.73 Å². The summed E-state index contributed by atoms with van der Waals surface area (Å²) in [5, 5.41) is 7.73. The Morgan fingerprint density at radius 1 is 1.03 bits per heavy atom.